The van der Waals surface area contributed by atoms with E-state index < -0.39 is 5.97 Å². The average molecular weight is 286 g/mol. The third kappa shape index (κ3) is 3.48. The minimum absolute atomic E-state index is 0.0706. The Kier molecular flexibility index (Phi) is 4.82. The maximum Gasteiger partial charge on any atom is 0.305 e. The molecule has 6 heteroatoms. The van der Waals surface area contributed by atoms with Gasteiger partial charge >= 0.3 is 5.97 Å². The highest BCUT2D eigenvalue weighted by molar-refractivity contribution is 6.29. The van der Waals surface area contributed by atoms with E-state index in [0.29, 0.717) is 5.15 Å². The number of hydrogen-bond acceptors (Lipinski definition) is 3. The van der Waals surface area contributed by atoms with Crippen molar-refractivity contribution in [1.29, 1.82) is 0 Å². The van der Waals surface area contributed by atoms with Crippen molar-refractivity contribution in [3.63, 3.8) is 0 Å². The van der Waals surface area contributed by atoms with Gasteiger partial charge in [0.05, 0.1) is 18.7 Å². The van der Waals surface area contributed by atoms with Gasteiger partial charge in [-0.1, -0.05) is 24.4 Å². The highest BCUT2D eigenvalue weighted by Gasteiger charge is 2.27. The van der Waals surface area contributed by atoms with Crippen LogP contribution in [-0.4, -0.2) is 38.6 Å². The molecule has 1 saturated heterocycles. The Hall–Kier alpha value is -1.07. The first-order valence-electron chi connectivity index (χ1n) is 6.72. The van der Waals surface area contributed by atoms with Gasteiger partial charge in [0, 0.05) is 7.05 Å². The lowest BCUT2D eigenvalue weighted by Crippen LogP contribution is -2.33. The zero-order chi connectivity index (χ0) is 13.8. The molecular weight excluding hydrogens is 266 g/mol. The Bertz CT molecular complexity index is 439. The monoisotopic (exact) mass is 285 g/mol. The molecule has 1 aromatic rings. The minimum atomic E-state index is -0.798. The second-order valence-electron chi connectivity index (χ2n) is 5.06. The fraction of sp³-hybridized carbons (Fsp3) is 0.692. The van der Waals surface area contributed by atoms with Crippen molar-refractivity contribution in [2.45, 2.75) is 38.1 Å². The summed E-state index contributed by atoms with van der Waals surface area (Å²) in [5.74, 6) is -0.0531. The summed E-state index contributed by atoms with van der Waals surface area (Å²) in [7, 11) is 1.83. The maximum absolute atomic E-state index is 11.1. The molecule has 1 unspecified atom stereocenters. The quantitative estimate of drug-likeness (QED) is 0.923. The third-order valence-electron chi connectivity index (χ3n) is 3.71. The van der Waals surface area contributed by atoms with Crippen molar-refractivity contribution < 1.29 is 9.90 Å². The molecule has 0 aromatic carbocycles. The van der Waals surface area contributed by atoms with Crippen molar-refractivity contribution in [3.05, 3.63) is 17.2 Å². The van der Waals surface area contributed by atoms with Gasteiger partial charge in [0.25, 0.3) is 0 Å². The number of nitrogens with zero attached hydrogens (tertiary/aromatic N) is 3. The number of likely N-dealkylation sites (tertiary alicyclic amines) is 1. The van der Waals surface area contributed by atoms with Gasteiger partial charge in [-0.2, -0.15) is 0 Å². The predicted molar refractivity (Wildman–Crippen MR) is 73.3 cm³/mol. The Morgan fingerprint density at radius 3 is 2.53 bits per heavy atom. The van der Waals surface area contributed by atoms with E-state index in [9.17, 15) is 4.79 Å². The second-order valence-corrected chi connectivity index (χ2v) is 5.45. The van der Waals surface area contributed by atoms with Gasteiger partial charge in [0.1, 0.15) is 11.0 Å². The minimum Gasteiger partial charge on any atom is -0.481 e. The van der Waals surface area contributed by atoms with Gasteiger partial charge in [-0.3, -0.25) is 9.69 Å². The van der Waals surface area contributed by atoms with E-state index >= 15 is 0 Å². The van der Waals surface area contributed by atoms with Crippen molar-refractivity contribution >= 4 is 17.6 Å². The van der Waals surface area contributed by atoms with Crippen LogP contribution in [0, 0.1) is 0 Å². The smallest absolute Gasteiger partial charge is 0.305 e. The maximum atomic E-state index is 11.1. The van der Waals surface area contributed by atoms with Crippen LogP contribution >= 0.6 is 11.6 Å². The molecule has 1 aliphatic rings. The number of aromatic nitrogens is 2. The summed E-state index contributed by atoms with van der Waals surface area (Å²) in [5.41, 5.74) is 0. The summed E-state index contributed by atoms with van der Waals surface area (Å²) in [4.78, 5) is 17.7. The molecule has 0 aliphatic carbocycles. The Labute approximate surface area is 118 Å². The molecule has 0 bridgehead atoms. The summed E-state index contributed by atoms with van der Waals surface area (Å²) < 4.78 is 1.78. The van der Waals surface area contributed by atoms with Crippen molar-refractivity contribution in [3.8, 4) is 0 Å². The molecule has 1 atom stereocenters. The normalized spacial score (nSPS) is 19.1. The molecule has 5 nitrogen and oxygen atoms in total. The van der Waals surface area contributed by atoms with Crippen molar-refractivity contribution in [2.75, 3.05) is 13.1 Å². The first kappa shape index (κ1) is 14.3. The van der Waals surface area contributed by atoms with Crippen LogP contribution in [0.25, 0.3) is 0 Å². The first-order valence-corrected chi connectivity index (χ1v) is 7.10. The van der Waals surface area contributed by atoms with Gasteiger partial charge in [-0.15, -0.1) is 0 Å². The molecule has 19 heavy (non-hydrogen) atoms. The Balaban J connectivity index is 2.24. The summed E-state index contributed by atoms with van der Waals surface area (Å²) in [6.45, 7) is 1.87. The van der Waals surface area contributed by atoms with Crippen LogP contribution in [0.4, 0.5) is 0 Å². The number of carboxylic acids is 1. The van der Waals surface area contributed by atoms with E-state index in [2.05, 4.69) is 9.88 Å². The number of hydrogen-bond donors (Lipinski definition) is 1. The van der Waals surface area contributed by atoms with Crippen LogP contribution in [0.15, 0.2) is 6.20 Å². The lowest BCUT2D eigenvalue weighted by atomic mass is 10.1. The topological polar surface area (TPSA) is 58.4 Å². The fourth-order valence-electron chi connectivity index (χ4n) is 2.67. The van der Waals surface area contributed by atoms with E-state index in [0.717, 1.165) is 31.8 Å². The summed E-state index contributed by atoms with van der Waals surface area (Å²) in [6.07, 6.45) is 6.34. The highest BCUT2D eigenvalue weighted by Crippen LogP contribution is 2.27. The van der Waals surface area contributed by atoms with Crippen LogP contribution in [0.2, 0.25) is 5.15 Å². The lowest BCUT2D eigenvalue weighted by molar-refractivity contribution is -0.138. The second kappa shape index (κ2) is 6.39. The van der Waals surface area contributed by atoms with Gasteiger partial charge in [-0.25, -0.2) is 4.98 Å². The number of carboxylic acid groups (broad SMARTS) is 1. The molecule has 0 radical (unpaired) electrons. The number of aliphatic carboxylic acids is 1. The predicted octanol–water partition coefficient (Wildman–Crippen LogP) is 2.47. The zero-order valence-electron chi connectivity index (χ0n) is 11.2. The van der Waals surface area contributed by atoms with Gasteiger partial charge in [-0.05, 0) is 25.9 Å². The Morgan fingerprint density at radius 2 is 2.05 bits per heavy atom. The number of halogens is 1. The molecule has 1 aliphatic heterocycles. The molecule has 106 valence electrons. The molecule has 1 aromatic heterocycles. The molecular formula is C13H20ClN3O2. The van der Waals surface area contributed by atoms with E-state index in [1.165, 1.54) is 12.8 Å². The molecule has 0 spiro atoms. The molecule has 0 saturated carbocycles. The summed E-state index contributed by atoms with van der Waals surface area (Å²) >= 11 is 6.02. The molecule has 2 heterocycles. The van der Waals surface area contributed by atoms with Crippen LogP contribution in [0.1, 0.15) is 44.0 Å². The van der Waals surface area contributed by atoms with Gasteiger partial charge in [0.2, 0.25) is 0 Å². The SMILES string of the molecule is Cn1c(Cl)cnc1C(CC(=O)O)N1CCCCCC1. The van der Waals surface area contributed by atoms with Gasteiger partial charge in [0.15, 0.2) is 0 Å². The molecule has 2 rings (SSSR count). The number of imidazole rings is 1. The Morgan fingerprint density at radius 1 is 1.42 bits per heavy atom. The van der Waals surface area contributed by atoms with Crippen LogP contribution in [0.3, 0.4) is 0 Å². The van der Waals surface area contributed by atoms with E-state index in [4.69, 9.17) is 16.7 Å². The number of rotatable bonds is 4. The van der Waals surface area contributed by atoms with Crippen molar-refractivity contribution in [2.24, 2.45) is 7.05 Å². The average Bonchev–Trinajstić information content (AvgIpc) is 2.60. The third-order valence-corrected chi connectivity index (χ3v) is 4.07. The number of carbonyl (C=O) groups is 1. The highest BCUT2D eigenvalue weighted by atomic mass is 35.5. The fourth-order valence-corrected chi connectivity index (χ4v) is 2.80. The van der Waals surface area contributed by atoms with Crippen molar-refractivity contribution in [1.82, 2.24) is 14.5 Å². The van der Waals surface area contributed by atoms with Crippen LogP contribution in [-0.2, 0) is 11.8 Å². The summed E-state index contributed by atoms with van der Waals surface area (Å²) in [6, 6.07) is -0.187. The standard InChI is InChI=1S/C13H20ClN3O2/c1-16-11(14)9-15-13(16)10(8-12(18)19)17-6-4-2-3-5-7-17/h9-10H,2-8H2,1H3,(H,18,19). The first-order chi connectivity index (χ1) is 9.09. The van der Waals surface area contributed by atoms with E-state index in [-0.39, 0.29) is 12.5 Å². The molecule has 1 fully saturated rings. The molecule has 0 amide bonds. The van der Waals surface area contributed by atoms with Gasteiger partial charge < -0.3 is 9.67 Å². The van der Waals surface area contributed by atoms with E-state index in [1.807, 2.05) is 7.05 Å². The van der Waals surface area contributed by atoms with E-state index in [1.54, 1.807) is 10.8 Å². The lowest BCUT2D eigenvalue weighted by Gasteiger charge is -2.29. The summed E-state index contributed by atoms with van der Waals surface area (Å²) in [5, 5.41) is 9.69. The van der Waals surface area contributed by atoms with Crippen LogP contribution in [0.5, 0.6) is 0 Å². The molecule has 1 N–H and O–H groups in total. The van der Waals surface area contributed by atoms with Crippen LogP contribution < -0.4 is 0 Å². The largest absolute Gasteiger partial charge is 0.481 e. The zero-order valence-corrected chi connectivity index (χ0v) is 11.9.